The molecular formula is C13H28N2O2S. The number of sulfonamides is 1. The Balaban J connectivity index is 2.88. The Morgan fingerprint density at radius 3 is 1.83 bits per heavy atom. The molecule has 0 radical (unpaired) electrons. The van der Waals surface area contributed by atoms with Gasteiger partial charge in [0.2, 0.25) is 10.0 Å². The van der Waals surface area contributed by atoms with Crippen LogP contribution in [0.15, 0.2) is 0 Å². The van der Waals surface area contributed by atoms with E-state index in [1.165, 1.54) is 0 Å². The van der Waals surface area contributed by atoms with Crippen molar-refractivity contribution < 1.29 is 8.42 Å². The van der Waals surface area contributed by atoms with Crippen LogP contribution < -0.4 is 0 Å². The summed E-state index contributed by atoms with van der Waals surface area (Å²) in [5.41, 5.74) is 0.103. The van der Waals surface area contributed by atoms with Gasteiger partial charge in [-0.05, 0) is 48.5 Å². The van der Waals surface area contributed by atoms with Crippen molar-refractivity contribution in [1.82, 2.24) is 9.21 Å². The monoisotopic (exact) mass is 276 g/mol. The van der Waals surface area contributed by atoms with Crippen molar-refractivity contribution in [2.45, 2.75) is 64.8 Å². The van der Waals surface area contributed by atoms with Gasteiger partial charge in [-0.1, -0.05) is 0 Å². The van der Waals surface area contributed by atoms with Crippen LogP contribution in [0.2, 0.25) is 0 Å². The predicted octanol–water partition coefficient (Wildman–Crippen LogP) is 1.92. The maximum atomic E-state index is 12.5. The van der Waals surface area contributed by atoms with Gasteiger partial charge in [-0.3, -0.25) is 4.90 Å². The summed E-state index contributed by atoms with van der Waals surface area (Å²) in [6.07, 6.45) is 0. The molecule has 1 aliphatic rings. The van der Waals surface area contributed by atoms with Gasteiger partial charge in [-0.25, -0.2) is 8.42 Å². The minimum Gasteiger partial charge on any atom is -0.296 e. The van der Waals surface area contributed by atoms with Crippen molar-refractivity contribution >= 4 is 10.0 Å². The van der Waals surface area contributed by atoms with Gasteiger partial charge in [0, 0.05) is 31.2 Å². The topological polar surface area (TPSA) is 40.6 Å². The summed E-state index contributed by atoms with van der Waals surface area (Å²) >= 11 is 0. The zero-order chi connectivity index (χ0) is 14.4. The highest BCUT2D eigenvalue weighted by atomic mass is 32.2. The first-order chi connectivity index (χ1) is 7.87. The molecule has 1 saturated heterocycles. The molecule has 0 aliphatic carbocycles. The molecule has 5 heteroatoms. The van der Waals surface area contributed by atoms with Gasteiger partial charge < -0.3 is 0 Å². The summed E-state index contributed by atoms with van der Waals surface area (Å²) in [5.74, 6) is 0. The first-order valence-electron chi connectivity index (χ1n) is 6.64. The van der Waals surface area contributed by atoms with E-state index >= 15 is 0 Å². The predicted molar refractivity (Wildman–Crippen MR) is 76.2 cm³/mol. The quantitative estimate of drug-likeness (QED) is 0.734. The third-order valence-electron chi connectivity index (χ3n) is 3.60. The minimum absolute atomic E-state index is 0.0437. The van der Waals surface area contributed by atoms with Gasteiger partial charge in [0.05, 0.1) is 4.75 Å². The maximum Gasteiger partial charge on any atom is 0.219 e. The van der Waals surface area contributed by atoms with Crippen molar-refractivity contribution in [1.29, 1.82) is 0 Å². The van der Waals surface area contributed by atoms with Crippen molar-refractivity contribution in [3.05, 3.63) is 0 Å². The van der Waals surface area contributed by atoms with Crippen molar-refractivity contribution in [2.24, 2.45) is 0 Å². The van der Waals surface area contributed by atoms with Crippen LogP contribution in [-0.2, 0) is 10.0 Å². The molecular weight excluding hydrogens is 248 g/mol. The highest BCUT2D eigenvalue weighted by Crippen LogP contribution is 2.27. The zero-order valence-electron chi connectivity index (χ0n) is 12.8. The van der Waals surface area contributed by atoms with Gasteiger partial charge in [-0.2, -0.15) is 4.31 Å². The van der Waals surface area contributed by atoms with Gasteiger partial charge in [0.15, 0.2) is 0 Å². The fourth-order valence-electron chi connectivity index (χ4n) is 2.26. The molecule has 0 spiro atoms. The molecule has 0 saturated carbocycles. The number of nitrogens with zero attached hydrogens (tertiary/aromatic N) is 2. The third-order valence-corrected chi connectivity index (χ3v) is 6.31. The van der Waals surface area contributed by atoms with E-state index in [1.54, 1.807) is 25.1 Å². The molecule has 1 rings (SSSR count). The highest BCUT2D eigenvalue weighted by Gasteiger charge is 2.41. The SMILES string of the molecule is CC1CN(C(C)(C)C)CCN1S(=O)(=O)C(C)(C)C. The number of hydrogen-bond donors (Lipinski definition) is 0. The van der Waals surface area contributed by atoms with E-state index in [0.29, 0.717) is 6.54 Å². The van der Waals surface area contributed by atoms with Crippen LogP contribution in [0.1, 0.15) is 48.5 Å². The van der Waals surface area contributed by atoms with Crippen LogP contribution in [0.25, 0.3) is 0 Å². The Hall–Kier alpha value is -0.130. The first-order valence-corrected chi connectivity index (χ1v) is 8.08. The molecule has 0 aromatic carbocycles. The second-order valence-electron chi connectivity index (χ2n) is 7.19. The lowest BCUT2D eigenvalue weighted by Gasteiger charge is -2.46. The molecule has 18 heavy (non-hydrogen) atoms. The molecule has 0 bridgehead atoms. The van der Waals surface area contributed by atoms with E-state index < -0.39 is 14.8 Å². The molecule has 1 aliphatic heterocycles. The van der Waals surface area contributed by atoms with Crippen LogP contribution in [0.4, 0.5) is 0 Å². The Morgan fingerprint density at radius 2 is 1.50 bits per heavy atom. The van der Waals surface area contributed by atoms with E-state index in [4.69, 9.17) is 0 Å². The molecule has 1 heterocycles. The standard InChI is InChI=1S/C13H28N2O2S/c1-11-10-14(12(2,3)4)8-9-15(11)18(16,17)13(5,6)7/h11H,8-10H2,1-7H3. The highest BCUT2D eigenvalue weighted by molar-refractivity contribution is 7.90. The van der Waals surface area contributed by atoms with E-state index in [0.717, 1.165) is 13.1 Å². The fraction of sp³-hybridized carbons (Fsp3) is 1.00. The average Bonchev–Trinajstić information content (AvgIpc) is 2.13. The Morgan fingerprint density at radius 1 is 1.00 bits per heavy atom. The summed E-state index contributed by atoms with van der Waals surface area (Å²) in [7, 11) is -3.21. The van der Waals surface area contributed by atoms with E-state index in [2.05, 4.69) is 25.7 Å². The summed E-state index contributed by atoms with van der Waals surface area (Å²) in [5, 5.41) is 0. The van der Waals surface area contributed by atoms with Gasteiger partial charge in [0.1, 0.15) is 0 Å². The van der Waals surface area contributed by atoms with E-state index in [1.807, 2.05) is 6.92 Å². The third kappa shape index (κ3) is 3.06. The van der Waals surface area contributed by atoms with Crippen LogP contribution in [-0.4, -0.2) is 53.6 Å². The molecule has 0 aromatic rings. The lowest BCUT2D eigenvalue weighted by Crippen LogP contribution is -2.60. The Bertz CT molecular complexity index is 390. The van der Waals surface area contributed by atoms with Gasteiger partial charge >= 0.3 is 0 Å². The molecule has 1 atom stereocenters. The summed E-state index contributed by atoms with van der Waals surface area (Å²) in [6, 6.07) is 0.0437. The average molecular weight is 276 g/mol. The van der Waals surface area contributed by atoms with Crippen LogP contribution >= 0.6 is 0 Å². The Kier molecular flexibility index (Phi) is 4.21. The normalized spacial score (nSPS) is 25.4. The van der Waals surface area contributed by atoms with E-state index in [9.17, 15) is 8.42 Å². The first kappa shape index (κ1) is 15.9. The zero-order valence-corrected chi connectivity index (χ0v) is 13.6. The molecule has 0 amide bonds. The summed E-state index contributed by atoms with van der Waals surface area (Å²) in [6.45, 7) is 16.0. The van der Waals surface area contributed by atoms with E-state index in [-0.39, 0.29) is 11.6 Å². The number of piperazine rings is 1. The largest absolute Gasteiger partial charge is 0.296 e. The molecule has 1 unspecified atom stereocenters. The smallest absolute Gasteiger partial charge is 0.219 e. The second kappa shape index (κ2) is 4.76. The van der Waals surface area contributed by atoms with Gasteiger partial charge in [0.25, 0.3) is 0 Å². The molecule has 0 N–H and O–H groups in total. The fourth-order valence-corrected chi connectivity index (χ4v) is 3.83. The van der Waals surface area contributed by atoms with Crippen LogP contribution in [0, 0.1) is 0 Å². The molecule has 108 valence electrons. The molecule has 4 nitrogen and oxygen atoms in total. The molecule has 0 aromatic heterocycles. The lowest BCUT2D eigenvalue weighted by molar-refractivity contribution is 0.0640. The lowest BCUT2D eigenvalue weighted by atomic mass is 10.0. The Labute approximate surface area is 112 Å². The molecule has 1 fully saturated rings. The van der Waals surface area contributed by atoms with Crippen molar-refractivity contribution in [2.75, 3.05) is 19.6 Å². The summed E-state index contributed by atoms with van der Waals surface area (Å²) < 4.78 is 25.9. The number of rotatable bonds is 1. The van der Waals surface area contributed by atoms with Crippen molar-refractivity contribution in [3.63, 3.8) is 0 Å². The van der Waals surface area contributed by atoms with Gasteiger partial charge in [-0.15, -0.1) is 0 Å². The minimum atomic E-state index is -3.21. The van der Waals surface area contributed by atoms with Crippen molar-refractivity contribution in [3.8, 4) is 0 Å². The second-order valence-corrected chi connectivity index (χ2v) is 9.84. The number of hydrogen-bond acceptors (Lipinski definition) is 3. The summed E-state index contributed by atoms with van der Waals surface area (Å²) in [4.78, 5) is 2.35. The van der Waals surface area contributed by atoms with Crippen LogP contribution in [0.5, 0.6) is 0 Å². The maximum absolute atomic E-state index is 12.5. The van der Waals surface area contributed by atoms with Crippen LogP contribution in [0.3, 0.4) is 0 Å².